The third kappa shape index (κ3) is 11.1. The van der Waals surface area contributed by atoms with Crippen LogP contribution in [0.25, 0.3) is 0 Å². The van der Waals surface area contributed by atoms with E-state index < -0.39 is 11.9 Å². The fraction of sp³-hybridized carbons (Fsp3) is 0.571. The molecule has 7 heteroatoms. The summed E-state index contributed by atoms with van der Waals surface area (Å²) >= 11 is 0. The van der Waals surface area contributed by atoms with Gasteiger partial charge in [-0.3, -0.25) is 4.79 Å². The number of hydrogen-bond donors (Lipinski definition) is 0. The minimum Gasteiger partial charge on any atom is -0.481 e. The van der Waals surface area contributed by atoms with E-state index >= 15 is 0 Å². The first-order valence-electron chi connectivity index (χ1n) is 15.7. The van der Waals surface area contributed by atoms with E-state index in [1.807, 2.05) is 11.0 Å². The zero-order valence-electron chi connectivity index (χ0n) is 25.8. The molecule has 1 aliphatic carbocycles. The second-order valence-corrected chi connectivity index (χ2v) is 11.5. The van der Waals surface area contributed by atoms with Crippen molar-refractivity contribution in [2.45, 2.75) is 103 Å². The van der Waals surface area contributed by atoms with E-state index in [9.17, 15) is 14.4 Å². The Hall–Kier alpha value is -3.35. The molecule has 2 aromatic rings. The van der Waals surface area contributed by atoms with E-state index in [0.29, 0.717) is 25.4 Å². The second kappa shape index (κ2) is 18.2. The van der Waals surface area contributed by atoms with Gasteiger partial charge in [-0.1, -0.05) is 95.0 Å². The average Bonchev–Trinajstić information content (AvgIpc) is 3.54. The van der Waals surface area contributed by atoms with Gasteiger partial charge in [0.1, 0.15) is 11.3 Å². The predicted molar refractivity (Wildman–Crippen MR) is 164 cm³/mol. The van der Waals surface area contributed by atoms with Gasteiger partial charge >= 0.3 is 11.9 Å². The third-order valence-electron chi connectivity index (χ3n) is 8.21. The number of aryl methyl sites for hydroxylation is 1. The molecule has 0 atom stereocenters. The van der Waals surface area contributed by atoms with Gasteiger partial charge < -0.3 is 19.1 Å². The van der Waals surface area contributed by atoms with Gasteiger partial charge in [0.25, 0.3) is 0 Å². The lowest BCUT2D eigenvalue weighted by molar-refractivity contribution is -0.143. The van der Waals surface area contributed by atoms with Crippen molar-refractivity contribution in [2.24, 2.45) is 5.92 Å². The lowest BCUT2D eigenvalue weighted by atomic mass is 10.0. The van der Waals surface area contributed by atoms with Crippen LogP contribution in [0, 0.1) is 5.92 Å². The molecule has 3 rings (SSSR count). The van der Waals surface area contributed by atoms with Crippen LogP contribution in [0.15, 0.2) is 42.5 Å². The largest absolute Gasteiger partial charge is 0.481 e. The fourth-order valence-electron chi connectivity index (χ4n) is 5.65. The van der Waals surface area contributed by atoms with Crippen molar-refractivity contribution < 1.29 is 28.6 Å². The summed E-state index contributed by atoms with van der Waals surface area (Å²) < 4.78 is 15.1. The third-order valence-corrected chi connectivity index (χ3v) is 8.21. The van der Waals surface area contributed by atoms with E-state index in [1.165, 1.54) is 84.0 Å². The van der Waals surface area contributed by atoms with Gasteiger partial charge in [0.05, 0.1) is 14.2 Å². The first-order chi connectivity index (χ1) is 20.4. The van der Waals surface area contributed by atoms with E-state index in [2.05, 4.69) is 35.9 Å². The Kier molecular flexibility index (Phi) is 14.4. The summed E-state index contributed by atoms with van der Waals surface area (Å²) in [5, 5.41) is 0. The monoisotopic (exact) mass is 579 g/mol. The van der Waals surface area contributed by atoms with Crippen molar-refractivity contribution in [1.82, 2.24) is 4.90 Å². The maximum atomic E-state index is 13.5. The van der Waals surface area contributed by atoms with E-state index in [0.717, 1.165) is 24.0 Å². The summed E-state index contributed by atoms with van der Waals surface area (Å²) in [7, 11) is 2.57. The Bertz CT molecular complexity index is 1120. The lowest BCUT2D eigenvalue weighted by Gasteiger charge is -2.24. The molecule has 0 radical (unpaired) electrons. The molecular weight excluding hydrogens is 530 g/mol. The molecule has 0 saturated heterocycles. The molecule has 42 heavy (non-hydrogen) atoms. The number of unbranched alkanes of at least 4 members (excludes halogenated alkanes) is 5. The molecule has 0 N–H and O–H groups in total. The van der Waals surface area contributed by atoms with Gasteiger partial charge in [0.15, 0.2) is 6.61 Å². The lowest BCUT2D eigenvalue weighted by Crippen LogP contribution is -2.30. The van der Waals surface area contributed by atoms with E-state index in [-0.39, 0.29) is 23.8 Å². The number of benzene rings is 2. The van der Waals surface area contributed by atoms with Gasteiger partial charge in [0, 0.05) is 19.5 Å². The summed E-state index contributed by atoms with van der Waals surface area (Å²) in [6, 6.07) is 13.8. The molecule has 0 bridgehead atoms. The Morgan fingerprint density at radius 1 is 0.810 bits per heavy atom. The summed E-state index contributed by atoms with van der Waals surface area (Å²) in [6.07, 6.45) is 15.1. The highest BCUT2D eigenvalue weighted by Crippen LogP contribution is 2.29. The van der Waals surface area contributed by atoms with Crippen LogP contribution >= 0.6 is 0 Å². The molecule has 0 unspecified atom stereocenters. The van der Waals surface area contributed by atoms with Crippen LogP contribution in [0.3, 0.4) is 0 Å². The smallest absolute Gasteiger partial charge is 0.343 e. The summed E-state index contributed by atoms with van der Waals surface area (Å²) in [4.78, 5) is 39.5. The van der Waals surface area contributed by atoms with Crippen molar-refractivity contribution in [3.8, 4) is 5.75 Å². The van der Waals surface area contributed by atoms with Gasteiger partial charge in [-0.2, -0.15) is 0 Å². The fourth-order valence-corrected chi connectivity index (χ4v) is 5.65. The molecule has 1 saturated carbocycles. The summed E-state index contributed by atoms with van der Waals surface area (Å²) in [5.74, 6) is -0.141. The highest BCUT2D eigenvalue weighted by Gasteiger charge is 2.21. The zero-order valence-corrected chi connectivity index (χ0v) is 25.8. The highest BCUT2D eigenvalue weighted by molar-refractivity contribution is 5.92. The highest BCUT2D eigenvalue weighted by atomic mass is 16.6. The number of hydrogen-bond acceptors (Lipinski definition) is 6. The molecule has 0 aliphatic heterocycles. The Labute approximate surface area is 251 Å². The number of esters is 2. The minimum absolute atomic E-state index is 0.115. The van der Waals surface area contributed by atoms with Crippen LogP contribution in [-0.4, -0.2) is 43.6 Å². The van der Waals surface area contributed by atoms with Crippen molar-refractivity contribution in [3.05, 3.63) is 64.7 Å². The molecular formula is C35H49NO6. The quantitative estimate of drug-likeness (QED) is 0.135. The number of methoxy groups -OCH3 is 2. The second-order valence-electron chi connectivity index (χ2n) is 11.5. The number of carbonyl (C=O) groups excluding carboxylic acids is 3. The number of ether oxygens (including phenoxy) is 3. The van der Waals surface area contributed by atoms with Crippen LogP contribution in [0.2, 0.25) is 0 Å². The van der Waals surface area contributed by atoms with Crippen LogP contribution in [0.5, 0.6) is 5.75 Å². The Morgan fingerprint density at radius 3 is 2.14 bits per heavy atom. The minimum atomic E-state index is -0.572. The maximum absolute atomic E-state index is 13.5. The van der Waals surface area contributed by atoms with Crippen LogP contribution < -0.4 is 4.74 Å². The predicted octanol–water partition coefficient (Wildman–Crippen LogP) is 7.43. The summed E-state index contributed by atoms with van der Waals surface area (Å²) in [6.45, 7) is 2.77. The first kappa shape index (κ1) is 33.2. The number of nitrogens with zero attached hydrogens (tertiary/aromatic N) is 1. The number of carbonyl (C=O) groups is 3. The van der Waals surface area contributed by atoms with Gasteiger partial charge in [-0.25, -0.2) is 9.59 Å². The normalized spacial score (nSPS) is 13.1. The number of amides is 1. The molecule has 1 amide bonds. The summed E-state index contributed by atoms with van der Waals surface area (Å²) in [5.41, 5.74) is 3.41. The molecule has 7 nitrogen and oxygen atoms in total. The molecule has 0 spiro atoms. The molecule has 0 aromatic heterocycles. The SMILES string of the molecule is CCCCCCCCc1ccc(CN(Cc2ccc(OCC(=O)OC)c(C(=O)OC)c2)C(=O)CCC2CCCC2)cc1. The van der Waals surface area contributed by atoms with Crippen LogP contribution in [-0.2, 0) is 38.6 Å². The molecule has 1 aliphatic rings. The topological polar surface area (TPSA) is 82.1 Å². The van der Waals surface area contributed by atoms with Crippen molar-refractivity contribution >= 4 is 17.8 Å². The molecule has 0 heterocycles. The van der Waals surface area contributed by atoms with Crippen molar-refractivity contribution in [3.63, 3.8) is 0 Å². The Morgan fingerprint density at radius 2 is 1.45 bits per heavy atom. The zero-order chi connectivity index (χ0) is 30.2. The van der Waals surface area contributed by atoms with Gasteiger partial charge in [0.2, 0.25) is 5.91 Å². The first-order valence-corrected chi connectivity index (χ1v) is 15.7. The Balaban J connectivity index is 1.70. The van der Waals surface area contributed by atoms with Gasteiger partial charge in [-0.15, -0.1) is 0 Å². The van der Waals surface area contributed by atoms with Crippen LogP contribution in [0.1, 0.15) is 111 Å². The maximum Gasteiger partial charge on any atom is 0.343 e. The van der Waals surface area contributed by atoms with Crippen molar-refractivity contribution in [1.29, 1.82) is 0 Å². The van der Waals surface area contributed by atoms with Crippen molar-refractivity contribution in [2.75, 3.05) is 20.8 Å². The molecule has 230 valence electrons. The van der Waals surface area contributed by atoms with E-state index in [1.54, 1.807) is 12.1 Å². The standard InChI is InChI=1S/C35H49NO6/c1-4-5-6-7-8-9-12-28-15-17-29(18-16-28)24-36(33(37)22-20-27-13-10-11-14-27)25-30-19-21-32(42-26-34(38)40-2)31(23-30)35(39)41-3/h15-19,21,23,27H,4-14,20,22,24-26H2,1-3H3. The van der Waals surface area contributed by atoms with Gasteiger partial charge in [-0.05, 0) is 54.0 Å². The molecule has 2 aromatic carbocycles. The van der Waals surface area contributed by atoms with E-state index in [4.69, 9.17) is 9.47 Å². The van der Waals surface area contributed by atoms with Crippen LogP contribution in [0.4, 0.5) is 0 Å². The molecule has 1 fully saturated rings. The number of rotatable bonds is 18. The average molecular weight is 580 g/mol.